The Kier molecular flexibility index (Phi) is 2.31. The van der Waals surface area contributed by atoms with Crippen LogP contribution in [0.1, 0.15) is 16.7 Å². The van der Waals surface area contributed by atoms with E-state index in [1.807, 2.05) is 24.3 Å². The maximum atomic E-state index is 11.5. The molecule has 0 saturated carbocycles. The lowest BCUT2D eigenvalue weighted by Crippen LogP contribution is -2.26. The summed E-state index contributed by atoms with van der Waals surface area (Å²) in [6.07, 6.45) is 0. The van der Waals surface area contributed by atoms with Crippen molar-refractivity contribution in [2.24, 2.45) is 5.73 Å². The van der Waals surface area contributed by atoms with E-state index in [1.54, 1.807) is 6.92 Å². The van der Waals surface area contributed by atoms with Gasteiger partial charge in [-0.1, -0.05) is 12.1 Å². The lowest BCUT2D eigenvalue weighted by Gasteiger charge is -1.97. The molecule has 0 amide bonds. The Morgan fingerprint density at radius 1 is 1.50 bits per heavy atom. The highest BCUT2D eigenvalue weighted by molar-refractivity contribution is 7.20. The molecule has 0 aliphatic rings. The minimum absolute atomic E-state index is 0.0915. The molecule has 0 spiro atoms. The van der Waals surface area contributed by atoms with Crippen LogP contribution < -0.4 is 5.73 Å². The Morgan fingerprint density at radius 2 is 2.21 bits per heavy atom. The van der Waals surface area contributed by atoms with Gasteiger partial charge in [0, 0.05) is 0 Å². The number of fused-ring (bicyclic) bond motifs is 1. The first kappa shape index (κ1) is 9.30. The number of rotatable bonds is 2. The van der Waals surface area contributed by atoms with Gasteiger partial charge in [0.15, 0.2) is 5.01 Å². The summed E-state index contributed by atoms with van der Waals surface area (Å²) in [6, 6.07) is 7.20. The van der Waals surface area contributed by atoms with E-state index in [4.69, 9.17) is 5.73 Å². The van der Waals surface area contributed by atoms with Crippen LogP contribution in [0.25, 0.3) is 10.2 Å². The number of benzene rings is 1. The number of ketones is 1. The first-order chi connectivity index (χ1) is 6.68. The number of hydrogen-bond donors (Lipinski definition) is 1. The van der Waals surface area contributed by atoms with E-state index in [0.717, 1.165) is 10.2 Å². The van der Waals surface area contributed by atoms with Crippen LogP contribution in [0, 0.1) is 0 Å². The van der Waals surface area contributed by atoms with E-state index in [9.17, 15) is 4.79 Å². The van der Waals surface area contributed by atoms with Crippen molar-refractivity contribution in [3.05, 3.63) is 29.3 Å². The molecule has 0 saturated heterocycles. The Morgan fingerprint density at radius 3 is 2.86 bits per heavy atom. The summed E-state index contributed by atoms with van der Waals surface area (Å²) in [6.45, 7) is 1.68. The molecule has 2 rings (SSSR count). The molecule has 0 aliphatic heterocycles. The van der Waals surface area contributed by atoms with E-state index in [-0.39, 0.29) is 5.78 Å². The quantitative estimate of drug-likeness (QED) is 0.762. The molecule has 3 nitrogen and oxygen atoms in total. The van der Waals surface area contributed by atoms with Gasteiger partial charge in [-0.15, -0.1) is 11.3 Å². The number of nitrogens with two attached hydrogens (primary N) is 1. The minimum atomic E-state index is -0.476. The highest BCUT2D eigenvalue weighted by Crippen LogP contribution is 2.22. The maximum absolute atomic E-state index is 11.5. The lowest BCUT2D eigenvalue weighted by molar-refractivity contribution is 0.0968. The Balaban J connectivity index is 2.50. The fraction of sp³-hybridized carbons (Fsp3) is 0.200. The van der Waals surface area contributed by atoms with Crippen molar-refractivity contribution in [2.45, 2.75) is 13.0 Å². The first-order valence-electron chi connectivity index (χ1n) is 4.34. The molecule has 4 heteroatoms. The predicted molar refractivity (Wildman–Crippen MR) is 57.6 cm³/mol. The molecule has 1 atom stereocenters. The molecular weight excluding hydrogens is 196 g/mol. The van der Waals surface area contributed by atoms with Crippen LogP contribution in [0.3, 0.4) is 0 Å². The van der Waals surface area contributed by atoms with E-state index < -0.39 is 6.04 Å². The van der Waals surface area contributed by atoms with E-state index in [0.29, 0.717) is 5.01 Å². The molecule has 0 radical (unpaired) electrons. The summed E-state index contributed by atoms with van der Waals surface area (Å²) in [5.74, 6) is -0.0915. The number of nitrogens with zero attached hydrogens (tertiary/aromatic N) is 1. The average molecular weight is 206 g/mol. The zero-order valence-corrected chi connectivity index (χ0v) is 8.54. The molecule has 1 aromatic heterocycles. The van der Waals surface area contributed by atoms with Crippen molar-refractivity contribution in [3.63, 3.8) is 0 Å². The standard InChI is InChI=1S/C10H10N2OS/c1-6(11)9(13)10-12-7-4-2-3-5-8(7)14-10/h2-6H,11H2,1H3. The van der Waals surface area contributed by atoms with Gasteiger partial charge in [0.05, 0.1) is 16.3 Å². The number of carbonyl (C=O) groups is 1. The SMILES string of the molecule is CC(N)C(=O)c1nc2ccccc2s1. The lowest BCUT2D eigenvalue weighted by atomic mass is 10.2. The van der Waals surface area contributed by atoms with E-state index in [2.05, 4.69) is 4.98 Å². The van der Waals surface area contributed by atoms with Gasteiger partial charge in [-0.2, -0.15) is 0 Å². The van der Waals surface area contributed by atoms with Gasteiger partial charge >= 0.3 is 0 Å². The molecule has 1 aromatic carbocycles. The van der Waals surface area contributed by atoms with Crippen LogP contribution in [-0.2, 0) is 0 Å². The number of Topliss-reactive ketones (excluding diaryl/α,β-unsaturated/α-hetero) is 1. The fourth-order valence-electron chi connectivity index (χ4n) is 1.17. The number of hydrogen-bond acceptors (Lipinski definition) is 4. The molecule has 14 heavy (non-hydrogen) atoms. The van der Waals surface area contributed by atoms with E-state index in [1.165, 1.54) is 11.3 Å². The first-order valence-corrected chi connectivity index (χ1v) is 5.15. The second kappa shape index (κ2) is 3.48. The third-order valence-corrected chi connectivity index (χ3v) is 2.97. The smallest absolute Gasteiger partial charge is 0.207 e. The number of thiazole rings is 1. The van der Waals surface area contributed by atoms with Crippen molar-refractivity contribution >= 4 is 27.3 Å². The third kappa shape index (κ3) is 1.54. The van der Waals surface area contributed by atoms with Gasteiger partial charge in [0.2, 0.25) is 5.78 Å². The van der Waals surface area contributed by atoms with Crippen molar-refractivity contribution in [3.8, 4) is 0 Å². The molecule has 72 valence electrons. The summed E-state index contributed by atoms with van der Waals surface area (Å²) < 4.78 is 1.02. The van der Waals surface area contributed by atoms with Crippen LogP contribution in [0.4, 0.5) is 0 Å². The normalized spacial score (nSPS) is 13.0. The summed E-state index contributed by atoms with van der Waals surface area (Å²) in [5, 5.41) is 0.501. The monoisotopic (exact) mass is 206 g/mol. The van der Waals surface area contributed by atoms with Gasteiger partial charge in [-0.05, 0) is 19.1 Å². The zero-order chi connectivity index (χ0) is 10.1. The van der Waals surface area contributed by atoms with Crippen LogP contribution >= 0.6 is 11.3 Å². The number of carbonyl (C=O) groups excluding carboxylic acids is 1. The largest absolute Gasteiger partial charge is 0.321 e. The van der Waals surface area contributed by atoms with Crippen LogP contribution in [-0.4, -0.2) is 16.8 Å². The van der Waals surface area contributed by atoms with Gasteiger partial charge in [-0.3, -0.25) is 4.79 Å². The fourth-order valence-corrected chi connectivity index (χ4v) is 2.18. The summed E-state index contributed by atoms with van der Waals surface area (Å²) >= 11 is 1.39. The molecule has 0 aliphatic carbocycles. The Labute approximate surface area is 85.6 Å². The molecular formula is C10H10N2OS. The number of para-hydroxylation sites is 1. The van der Waals surface area contributed by atoms with Gasteiger partial charge in [0.1, 0.15) is 0 Å². The van der Waals surface area contributed by atoms with Crippen LogP contribution in [0.5, 0.6) is 0 Å². The van der Waals surface area contributed by atoms with Crippen LogP contribution in [0.2, 0.25) is 0 Å². The summed E-state index contributed by atoms with van der Waals surface area (Å²) in [4.78, 5) is 15.8. The highest BCUT2D eigenvalue weighted by Gasteiger charge is 2.15. The van der Waals surface area contributed by atoms with Gasteiger partial charge in [-0.25, -0.2) is 4.98 Å². The molecule has 2 N–H and O–H groups in total. The average Bonchev–Trinajstić information content (AvgIpc) is 2.59. The Hall–Kier alpha value is -1.26. The molecule has 0 fully saturated rings. The van der Waals surface area contributed by atoms with Crippen molar-refractivity contribution in [2.75, 3.05) is 0 Å². The maximum Gasteiger partial charge on any atom is 0.207 e. The van der Waals surface area contributed by atoms with Gasteiger partial charge < -0.3 is 5.73 Å². The molecule has 1 unspecified atom stereocenters. The topological polar surface area (TPSA) is 56.0 Å². The molecule has 0 bridgehead atoms. The minimum Gasteiger partial charge on any atom is -0.321 e. The zero-order valence-electron chi connectivity index (χ0n) is 7.73. The second-order valence-electron chi connectivity index (χ2n) is 3.14. The predicted octanol–water partition coefficient (Wildman–Crippen LogP) is 1.83. The Bertz CT molecular complexity index is 443. The number of aromatic nitrogens is 1. The highest BCUT2D eigenvalue weighted by atomic mass is 32.1. The third-order valence-electron chi connectivity index (χ3n) is 1.92. The van der Waals surface area contributed by atoms with Crippen molar-refractivity contribution in [1.82, 2.24) is 4.98 Å². The summed E-state index contributed by atoms with van der Waals surface area (Å²) in [7, 11) is 0. The van der Waals surface area contributed by atoms with E-state index >= 15 is 0 Å². The molecule has 2 aromatic rings. The molecule has 1 heterocycles. The van der Waals surface area contributed by atoms with Crippen molar-refractivity contribution < 1.29 is 4.79 Å². The van der Waals surface area contributed by atoms with Gasteiger partial charge in [0.25, 0.3) is 0 Å². The summed E-state index contributed by atoms with van der Waals surface area (Å²) in [5.41, 5.74) is 6.37. The second-order valence-corrected chi connectivity index (χ2v) is 4.17. The van der Waals surface area contributed by atoms with Crippen molar-refractivity contribution in [1.29, 1.82) is 0 Å². The van der Waals surface area contributed by atoms with Crippen LogP contribution in [0.15, 0.2) is 24.3 Å².